The van der Waals surface area contributed by atoms with E-state index in [-0.39, 0.29) is 23.3 Å². The summed E-state index contributed by atoms with van der Waals surface area (Å²) in [6, 6.07) is 14.9. The Bertz CT molecular complexity index is 704. The van der Waals surface area contributed by atoms with Gasteiger partial charge in [-0.25, -0.2) is 0 Å². The molecule has 0 fully saturated rings. The molecule has 0 aliphatic heterocycles. The van der Waals surface area contributed by atoms with E-state index in [9.17, 15) is 9.59 Å². The molecule has 0 heterocycles. The van der Waals surface area contributed by atoms with Crippen molar-refractivity contribution in [2.75, 3.05) is 16.8 Å². The van der Waals surface area contributed by atoms with Gasteiger partial charge in [0.05, 0.1) is 11.5 Å². The maximum absolute atomic E-state index is 11.8. The molecule has 2 amide bonds. The second-order valence-corrected chi connectivity index (χ2v) is 6.74. The van der Waals surface area contributed by atoms with Gasteiger partial charge in [-0.05, 0) is 42.3 Å². The van der Waals surface area contributed by atoms with Crippen LogP contribution in [0.2, 0.25) is 5.02 Å². The largest absolute Gasteiger partial charge is 0.351 e. The highest BCUT2D eigenvalue weighted by atomic mass is 35.5. The van der Waals surface area contributed by atoms with Crippen molar-refractivity contribution in [2.24, 2.45) is 0 Å². The molecule has 2 aromatic carbocycles. The third-order valence-corrected chi connectivity index (χ3v) is 4.36. The van der Waals surface area contributed by atoms with Gasteiger partial charge in [0.1, 0.15) is 0 Å². The fourth-order valence-electron chi connectivity index (χ4n) is 2.01. The first-order chi connectivity index (χ1) is 11.5. The first-order valence-electron chi connectivity index (χ1n) is 7.48. The van der Waals surface area contributed by atoms with Gasteiger partial charge < -0.3 is 10.6 Å². The van der Waals surface area contributed by atoms with Gasteiger partial charge in [0.25, 0.3) is 0 Å². The molecule has 0 saturated carbocycles. The number of carbonyl (C=O) groups is 2. The third kappa shape index (κ3) is 6.64. The van der Waals surface area contributed by atoms with Crippen molar-refractivity contribution in [2.45, 2.75) is 13.5 Å². The van der Waals surface area contributed by atoms with E-state index in [1.165, 1.54) is 11.8 Å². The minimum absolute atomic E-state index is 0.0988. The molecule has 6 heteroatoms. The van der Waals surface area contributed by atoms with Crippen LogP contribution in [0, 0.1) is 6.92 Å². The number of benzene rings is 2. The molecule has 126 valence electrons. The molecule has 0 spiro atoms. The lowest BCUT2D eigenvalue weighted by atomic mass is 10.2. The normalized spacial score (nSPS) is 10.2. The van der Waals surface area contributed by atoms with Gasteiger partial charge in [0.15, 0.2) is 0 Å². The van der Waals surface area contributed by atoms with Gasteiger partial charge in [-0.3, -0.25) is 9.59 Å². The number of halogens is 1. The monoisotopic (exact) mass is 362 g/mol. The lowest BCUT2D eigenvalue weighted by Crippen LogP contribution is -2.25. The number of thioether (sulfide) groups is 1. The van der Waals surface area contributed by atoms with Crippen LogP contribution in [0.3, 0.4) is 0 Å². The van der Waals surface area contributed by atoms with Gasteiger partial charge >= 0.3 is 0 Å². The standard InChI is InChI=1S/C18H19ClN2O2S/c1-13-3-2-4-16(9-13)21-18(23)12-24-11-17(22)20-10-14-5-7-15(19)8-6-14/h2-9H,10-12H2,1H3,(H,20,22)(H,21,23). The van der Waals surface area contributed by atoms with Gasteiger partial charge in [-0.2, -0.15) is 0 Å². The minimum Gasteiger partial charge on any atom is -0.351 e. The minimum atomic E-state index is -0.115. The molecule has 0 saturated heterocycles. The number of carbonyl (C=O) groups excluding carboxylic acids is 2. The van der Waals surface area contributed by atoms with Crippen molar-refractivity contribution in [3.05, 3.63) is 64.7 Å². The smallest absolute Gasteiger partial charge is 0.234 e. The van der Waals surface area contributed by atoms with E-state index in [0.717, 1.165) is 16.8 Å². The van der Waals surface area contributed by atoms with Crippen LogP contribution in [0.4, 0.5) is 5.69 Å². The molecule has 2 N–H and O–H groups in total. The number of amides is 2. The molecule has 4 nitrogen and oxygen atoms in total. The fourth-order valence-corrected chi connectivity index (χ4v) is 2.78. The van der Waals surface area contributed by atoms with Gasteiger partial charge in [0.2, 0.25) is 11.8 Å². The highest BCUT2D eigenvalue weighted by Gasteiger charge is 2.06. The zero-order valence-electron chi connectivity index (χ0n) is 13.3. The summed E-state index contributed by atoms with van der Waals surface area (Å²) in [6.45, 7) is 2.42. The van der Waals surface area contributed by atoms with Crippen LogP contribution >= 0.6 is 23.4 Å². The van der Waals surface area contributed by atoms with Gasteiger partial charge in [-0.15, -0.1) is 11.8 Å². The van der Waals surface area contributed by atoms with Crippen molar-refractivity contribution in [1.29, 1.82) is 0 Å². The van der Waals surface area contributed by atoms with Crippen LogP contribution in [0.5, 0.6) is 0 Å². The van der Waals surface area contributed by atoms with Crippen molar-refractivity contribution < 1.29 is 9.59 Å². The van der Waals surface area contributed by atoms with E-state index in [2.05, 4.69) is 10.6 Å². The van der Waals surface area contributed by atoms with Crippen molar-refractivity contribution >= 4 is 40.9 Å². The number of hydrogen-bond donors (Lipinski definition) is 2. The van der Waals surface area contributed by atoms with E-state index in [4.69, 9.17) is 11.6 Å². The summed E-state index contributed by atoms with van der Waals surface area (Å²) in [7, 11) is 0. The van der Waals surface area contributed by atoms with Crippen LogP contribution in [0.15, 0.2) is 48.5 Å². The summed E-state index contributed by atoms with van der Waals surface area (Å²) < 4.78 is 0. The first-order valence-corrected chi connectivity index (χ1v) is 9.01. The Morgan fingerprint density at radius 2 is 1.75 bits per heavy atom. The van der Waals surface area contributed by atoms with E-state index >= 15 is 0 Å². The summed E-state index contributed by atoms with van der Waals surface area (Å²) in [4.78, 5) is 23.6. The maximum atomic E-state index is 11.8. The summed E-state index contributed by atoms with van der Waals surface area (Å²) >= 11 is 7.10. The first kappa shape index (κ1) is 18.4. The highest BCUT2D eigenvalue weighted by molar-refractivity contribution is 8.00. The topological polar surface area (TPSA) is 58.2 Å². The molecule has 0 bridgehead atoms. The van der Waals surface area contributed by atoms with Crippen molar-refractivity contribution in [1.82, 2.24) is 5.32 Å². The van der Waals surface area contributed by atoms with Crippen molar-refractivity contribution in [3.8, 4) is 0 Å². The molecule has 0 unspecified atom stereocenters. The van der Waals surface area contributed by atoms with Crippen LogP contribution in [0.1, 0.15) is 11.1 Å². The number of anilines is 1. The lowest BCUT2D eigenvalue weighted by molar-refractivity contribution is -0.118. The molecule has 0 atom stereocenters. The number of aryl methyl sites for hydroxylation is 1. The Morgan fingerprint density at radius 1 is 1.04 bits per heavy atom. The van der Waals surface area contributed by atoms with Crippen LogP contribution in [-0.2, 0) is 16.1 Å². The maximum Gasteiger partial charge on any atom is 0.234 e. The summed E-state index contributed by atoms with van der Waals surface area (Å²) in [5.74, 6) is 0.270. The molecule has 2 aromatic rings. The van der Waals surface area contributed by atoms with E-state index in [0.29, 0.717) is 11.6 Å². The number of hydrogen-bond acceptors (Lipinski definition) is 3. The molecule has 0 radical (unpaired) electrons. The highest BCUT2D eigenvalue weighted by Crippen LogP contribution is 2.11. The number of nitrogens with one attached hydrogen (secondary N) is 2. The Labute approximate surface area is 151 Å². The fraction of sp³-hybridized carbons (Fsp3) is 0.222. The molecular formula is C18H19ClN2O2S. The molecular weight excluding hydrogens is 344 g/mol. The third-order valence-electron chi connectivity index (χ3n) is 3.17. The van der Waals surface area contributed by atoms with Gasteiger partial charge in [0, 0.05) is 17.3 Å². The second kappa shape index (κ2) is 9.35. The Balaban J connectivity index is 1.65. The average Bonchev–Trinajstić information content (AvgIpc) is 2.54. The molecule has 0 aliphatic rings. The van der Waals surface area contributed by atoms with E-state index in [1.54, 1.807) is 12.1 Å². The molecule has 0 aromatic heterocycles. The zero-order valence-corrected chi connectivity index (χ0v) is 14.9. The van der Waals surface area contributed by atoms with Crippen molar-refractivity contribution in [3.63, 3.8) is 0 Å². The number of rotatable bonds is 7. The lowest BCUT2D eigenvalue weighted by Gasteiger charge is -2.07. The quantitative estimate of drug-likeness (QED) is 0.790. The molecule has 24 heavy (non-hydrogen) atoms. The Morgan fingerprint density at radius 3 is 2.46 bits per heavy atom. The Hall–Kier alpha value is -1.98. The summed E-state index contributed by atoms with van der Waals surface area (Å²) in [5.41, 5.74) is 2.84. The van der Waals surface area contributed by atoms with E-state index in [1.807, 2.05) is 43.3 Å². The predicted octanol–water partition coefficient (Wildman–Crippen LogP) is 3.64. The average molecular weight is 363 g/mol. The summed E-state index contributed by atoms with van der Waals surface area (Å²) in [6.07, 6.45) is 0. The molecule has 0 aliphatic carbocycles. The van der Waals surface area contributed by atoms with Crippen LogP contribution in [0.25, 0.3) is 0 Å². The predicted molar refractivity (Wildman–Crippen MR) is 100 cm³/mol. The second-order valence-electron chi connectivity index (χ2n) is 5.31. The SMILES string of the molecule is Cc1cccc(NC(=O)CSCC(=O)NCc2ccc(Cl)cc2)c1. The zero-order chi connectivity index (χ0) is 17.4. The summed E-state index contributed by atoms with van der Waals surface area (Å²) in [5, 5.41) is 6.30. The van der Waals surface area contributed by atoms with Crippen LogP contribution < -0.4 is 10.6 Å². The Kier molecular flexibility index (Phi) is 7.15. The van der Waals surface area contributed by atoms with Gasteiger partial charge in [-0.1, -0.05) is 35.9 Å². The van der Waals surface area contributed by atoms with Crippen LogP contribution in [-0.4, -0.2) is 23.3 Å². The molecule has 2 rings (SSSR count). The van der Waals surface area contributed by atoms with E-state index < -0.39 is 0 Å².